The molecule has 2 aromatic rings. The average Bonchev–Trinajstić information content (AvgIpc) is 2.99. The largest absolute Gasteiger partial charge is 0.473 e. The van der Waals surface area contributed by atoms with Crippen LogP contribution >= 0.6 is 0 Å². The van der Waals surface area contributed by atoms with Crippen molar-refractivity contribution in [2.75, 3.05) is 40.3 Å². The third-order valence-electron chi connectivity index (χ3n) is 7.17. The van der Waals surface area contributed by atoms with Crippen molar-refractivity contribution in [3.8, 4) is 0 Å². The fraction of sp³-hybridized carbons (Fsp3) is 0.611. The molecule has 2 rings (SSSR count). The quantitative estimate of drug-likeness (QED) is 0.121. The molecule has 2 N–H and O–H groups in total. The first kappa shape index (κ1) is 39.3. The topological polar surface area (TPSA) is 81.1 Å². The molecule has 0 spiro atoms. The summed E-state index contributed by atoms with van der Waals surface area (Å²) in [5.74, 6) is -3.65. The molecule has 0 amide bonds. The van der Waals surface area contributed by atoms with Gasteiger partial charge in [-0.3, -0.25) is 0 Å². The van der Waals surface area contributed by atoms with Crippen molar-refractivity contribution in [2.45, 2.75) is 104 Å². The first-order chi connectivity index (χ1) is 20.3. The predicted molar refractivity (Wildman–Crippen MR) is 177 cm³/mol. The smallest absolute Gasteiger partial charge is 0.414 e. The maximum atomic E-state index is 9.10. The monoisotopic (exact) mass is 584 g/mol. The Bertz CT molecular complexity index is 803. The highest BCUT2D eigenvalue weighted by Gasteiger charge is 2.04. The predicted octanol–water partition coefficient (Wildman–Crippen LogP) is 8.20. The summed E-state index contributed by atoms with van der Waals surface area (Å²) in [5, 5.41) is 14.8. The highest BCUT2D eigenvalue weighted by atomic mass is 16.4. The lowest BCUT2D eigenvalue weighted by Crippen LogP contribution is -2.21. The molecule has 0 aliphatic heterocycles. The lowest BCUT2D eigenvalue weighted by Gasteiger charge is -2.16. The van der Waals surface area contributed by atoms with Gasteiger partial charge in [0.2, 0.25) is 0 Å². The zero-order chi connectivity index (χ0) is 31.3. The van der Waals surface area contributed by atoms with Gasteiger partial charge in [-0.05, 0) is 89.9 Å². The Balaban J connectivity index is 0.000000672. The first-order valence-corrected chi connectivity index (χ1v) is 16.2. The van der Waals surface area contributed by atoms with E-state index in [1.54, 1.807) is 0 Å². The molecule has 0 saturated heterocycles. The van der Waals surface area contributed by atoms with Crippen LogP contribution < -0.4 is 0 Å². The minimum Gasteiger partial charge on any atom is -0.473 e. The molecule has 238 valence electrons. The highest BCUT2D eigenvalue weighted by molar-refractivity contribution is 6.27. The summed E-state index contributed by atoms with van der Waals surface area (Å²) >= 11 is 0. The van der Waals surface area contributed by atoms with E-state index in [9.17, 15) is 0 Å². The van der Waals surface area contributed by atoms with E-state index in [4.69, 9.17) is 19.8 Å². The summed E-state index contributed by atoms with van der Waals surface area (Å²) in [6.07, 6.45) is 18.8. The second-order valence-corrected chi connectivity index (χ2v) is 11.2. The van der Waals surface area contributed by atoms with Crippen LogP contribution in [0.15, 0.2) is 60.7 Å². The Morgan fingerprint density at radius 3 is 1.12 bits per heavy atom. The molecule has 42 heavy (non-hydrogen) atoms. The van der Waals surface area contributed by atoms with Gasteiger partial charge in [0.15, 0.2) is 0 Å². The fourth-order valence-electron chi connectivity index (χ4n) is 4.59. The molecule has 0 atom stereocenters. The number of aryl methyl sites for hydroxylation is 2. The molecule has 0 aliphatic carbocycles. The summed E-state index contributed by atoms with van der Waals surface area (Å²) < 4.78 is 0. The standard InChI is InChI=1S/2C17H29N.C2H2O4/c2*1-3-4-5-6-10-15-18(2)16-11-14-17-12-8-7-9-13-17;3-1(4)2(5)6/h2*7-9,12-13H,3-6,10-11,14-16H2,1-2H3;(H,3,4)(H,5,6). The number of carbonyl (C=O) groups is 2. The van der Waals surface area contributed by atoms with E-state index in [-0.39, 0.29) is 0 Å². The van der Waals surface area contributed by atoms with Gasteiger partial charge in [-0.25, -0.2) is 9.59 Å². The molecule has 0 aliphatic rings. The van der Waals surface area contributed by atoms with Gasteiger partial charge in [-0.15, -0.1) is 0 Å². The SMILES string of the molecule is CCCCCCCN(C)CCCc1ccccc1.CCCCCCCN(C)CCCc1ccccc1.O=C(O)C(=O)O. The van der Waals surface area contributed by atoms with Crippen molar-refractivity contribution in [1.82, 2.24) is 9.80 Å². The van der Waals surface area contributed by atoms with Crippen molar-refractivity contribution >= 4 is 11.9 Å². The van der Waals surface area contributed by atoms with Gasteiger partial charge >= 0.3 is 11.9 Å². The number of rotatable bonds is 20. The van der Waals surface area contributed by atoms with E-state index in [0.717, 1.165) is 0 Å². The molecule has 2 aromatic carbocycles. The van der Waals surface area contributed by atoms with E-state index in [1.807, 2.05) is 0 Å². The second-order valence-electron chi connectivity index (χ2n) is 11.2. The zero-order valence-electron chi connectivity index (χ0n) is 27.1. The first-order valence-electron chi connectivity index (χ1n) is 16.2. The van der Waals surface area contributed by atoms with Gasteiger partial charge in [0.25, 0.3) is 0 Å². The Labute approximate surface area is 257 Å². The molecule has 6 nitrogen and oxygen atoms in total. The van der Waals surface area contributed by atoms with Crippen LogP contribution in [0.25, 0.3) is 0 Å². The van der Waals surface area contributed by atoms with Crippen LogP contribution in [0.3, 0.4) is 0 Å². The van der Waals surface area contributed by atoms with E-state index < -0.39 is 11.9 Å². The molecule has 0 fully saturated rings. The van der Waals surface area contributed by atoms with Crippen LogP contribution in [0.5, 0.6) is 0 Å². The van der Waals surface area contributed by atoms with Crippen molar-refractivity contribution in [1.29, 1.82) is 0 Å². The summed E-state index contributed by atoms with van der Waals surface area (Å²) in [5.41, 5.74) is 2.93. The van der Waals surface area contributed by atoms with Crippen LogP contribution in [-0.4, -0.2) is 72.2 Å². The number of benzene rings is 2. The van der Waals surface area contributed by atoms with E-state index in [1.165, 1.54) is 127 Å². The number of hydrogen-bond donors (Lipinski definition) is 2. The third kappa shape index (κ3) is 26.2. The minimum absolute atomic E-state index is 1.21. The maximum Gasteiger partial charge on any atom is 0.414 e. The summed E-state index contributed by atoms with van der Waals surface area (Å²) in [4.78, 5) is 23.2. The molecule has 0 saturated carbocycles. The summed E-state index contributed by atoms with van der Waals surface area (Å²) in [7, 11) is 4.51. The van der Waals surface area contributed by atoms with Crippen LogP contribution in [0, 0.1) is 0 Å². The van der Waals surface area contributed by atoms with Gasteiger partial charge in [-0.2, -0.15) is 0 Å². The number of hydrogen-bond acceptors (Lipinski definition) is 4. The molecule has 0 heterocycles. The van der Waals surface area contributed by atoms with Crippen LogP contribution in [0.4, 0.5) is 0 Å². The lowest BCUT2D eigenvalue weighted by molar-refractivity contribution is -0.159. The highest BCUT2D eigenvalue weighted by Crippen LogP contribution is 2.07. The van der Waals surface area contributed by atoms with Gasteiger partial charge < -0.3 is 20.0 Å². The molecule has 6 heteroatoms. The molecule has 0 unspecified atom stereocenters. The van der Waals surface area contributed by atoms with Crippen molar-refractivity contribution in [3.05, 3.63) is 71.8 Å². The summed E-state index contributed by atoms with van der Waals surface area (Å²) in [6, 6.07) is 21.6. The molecule has 0 radical (unpaired) electrons. The van der Waals surface area contributed by atoms with Gasteiger partial charge in [0.05, 0.1) is 0 Å². The van der Waals surface area contributed by atoms with Crippen LogP contribution in [0.1, 0.15) is 102 Å². The average molecular weight is 585 g/mol. The Morgan fingerprint density at radius 2 is 0.810 bits per heavy atom. The third-order valence-corrected chi connectivity index (χ3v) is 7.17. The van der Waals surface area contributed by atoms with Gasteiger partial charge in [0, 0.05) is 0 Å². The Kier molecular flexibility index (Phi) is 26.6. The van der Waals surface area contributed by atoms with Crippen molar-refractivity contribution in [2.24, 2.45) is 0 Å². The van der Waals surface area contributed by atoms with Gasteiger partial charge in [-0.1, -0.05) is 126 Å². The van der Waals surface area contributed by atoms with Crippen molar-refractivity contribution < 1.29 is 19.8 Å². The molecular formula is C36H60N2O4. The van der Waals surface area contributed by atoms with Gasteiger partial charge in [0.1, 0.15) is 0 Å². The van der Waals surface area contributed by atoms with Crippen LogP contribution in [0.2, 0.25) is 0 Å². The molecular weight excluding hydrogens is 524 g/mol. The molecule has 0 bridgehead atoms. The van der Waals surface area contributed by atoms with E-state index in [2.05, 4.69) is 98.4 Å². The number of carboxylic acids is 2. The summed E-state index contributed by atoms with van der Waals surface area (Å²) in [6.45, 7) is 9.52. The normalized spacial score (nSPS) is 10.5. The molecule has 0 aromatic heterocycles. The number of nitrogens with zero attached hydrogens (tertiary/aromatic N) is 2. The fourth-order valence-corrected chi connectivity index (χ4v) is 4.59. The maximum absolute atomic E-state index is 9.10. The van der Waals surface area contributed by atoms with Crippen LogP contribution in [-0.2, 0) is 22.4 Å². The number of unbranched alkanes of at least 4 members (excludes halogenated alkanes) is 8. The number of aliphatic carboxylic acids is 2. The minimum atomic E-state index is -1.82. The van der Waals surface area contributed by atoms with E-state index >= 15 is 0 Å². The second kappa shape index (κ2) is 28.4. The van der Waals surface area contributed by atoms with Crippen molar-refractivity contribution in [3.63, 3.8) is 0 Å². The Morgan fingerprint density at radius 1 is 0.500 bits per heavy atom. The van der Waals surface area contributed by atoms with E-state index in [0.29, 0.717) is 0 Å². The lowest BCUT2D eigenvalue weighted by atomic mass is 10.1. The zero-order valence-corrected chi connectivity index (χ0v) is 27.1. The number of carboxylic acid groups (broad SMARTS) is 2. The Hall–Kier alpha value is -2.70.